The zero-order chi connectivity index (χ0) is 19.5. The first-order valence-electron chi connectivity index (χ1n) is 9.58. The normalized spacial score (nSPS) is 23.6. The van der Waals surface area contributed by atoms with E-state index in [1.807, 2.05) is 18.5 Å². The number of hydrogen-bond donors (Lipinski definition) is 1. The molecule has 7 heteroatoms. The highest BCUT2D eigenvalue weighted by Gasteiger charge is 2.48. The van der Waals surface area contributed by atoms with Crippen LogP contribution in [-0.4, -0.2) is 45.4 Å². The Morgan fingerprint density at radius 3 is 2.89 bits per heavy atom. The Bertz CT molecular complexity index is 1050. The molecule has 0 bridgehead atoms. The van der Waals surface area contributed by atoms with E-state index in [4.69, 9.17) is 4.74 Å². The van der Waals surface area contributed by atoms with Crippen molar-refractivity contribution in [2.75, 3.05) is 13.7 Å². The van der Waals surface area contributed by atoms with Gasteiger partial charge in [-0.25, -0.2) is 9.37 Å². The second-order valence-electron chi connectivity index (χ2n) is 7.99. The summed E-state index contributed by atoms with van der Waals surface area (Å²) in [5.41, 5.74) is 3.38. The number of fused-ring (bicyclic) bond motifs is 3. The predicted molar refractivity (Wildman–Crippen MR) is 109 cm³/mol. The maximum atomic E-state index is 14.9. The molecule has 1 aliphatic carbocycles. The van der Waals surface area contributed by atoms with Gasteiger partial charge >= 0.3 is 0 Å². The van der Waals surface area contributed by atoms with Crippen LogP contribution in [0.25, 0.3) is 10.9 Å². The van der Waals surface area contributed by atoms with E-state index >= 15 is 0 Å². The monoisotopic (exact) mass is 444 g/mol. The van der Waals surface area contributed by atoms with Crippen LogP contribution in [0.3, 0.4) is 0 Å². The number of rotatable bonds is 4. The summed E-state index contributed by atoms with van der Waals surface area (Å²) >= 11 is 3.43. The van der Waals surface area contributed by atoms with Crippen LogP contribution >= 0.6 is 15.9 Å². The van der Waals surface area contributed by atoms with Crippen molar-refractivity contribution < 1.29 is 9.13 Å². The number of halogens is 2. The quantitative estimate of drug-likeness (QED) is 0.598. The average molecular weight is 445 g/mol. The van der Waals surface area contributed by atoms with Gasteiger partial charge in [-0.1, -0.05) is 6.07 Å². The lowest BCUT2D eigenvalue weighted by Gasteiger charge is -2.43. The first-order chi connectivity index (χ1) is 13.5. The lowest BCUT2D eigenvalue weighted by molar-refractivity contribution is 0.0972. The third-order valence-electron chi connectivity index (χ3n) is 6.10. The number of pyridine rings is 1. The molecule has 1 unspecified atom stereocenters. The van der Waals surface area contributed by atoms with Gasteiger partial charge in [-0.3, -0.25) is 10.00 Å². The SMILES string of the molecule is COc1cc(Br)ncc1C1c2ccc3[nH]ncc3c2C[C@@H](C)N1CC1(F)CC1. The second kappa shape index (κ2) is 6.52. The molecule has 0 spiro atoms. The molecule has 1 N–H and O–H groups in total. The maximum absolute atomic E-state index is 14.9. The average Bonchev–Trinajstić information content (AvgIpc) is 3.21. The van der Waals surface area contributed by atoms with Crippen molar-refractivity contribution in [1.82, 2.24) is 20.1 Å². The van der Waals surface area contributed by atoms with Gasteiger partial charge in [0, 0.05) is 35.8 Å². The van der Waals surface area contributed by atoms with Crippen molar-refractivity contribution in [1.29, 1.82) is 0 Å². The van der Waals surface area contributed by atoms with Crippen LogP contribution in [0.4, 0.5) is 4.39 Å². The Labute approximate surface area is 171 Å². The topological polar surface area (TPSA) is 54.0 Å². The van der Waals surface area contributed by atoms with E-state index in [2.05, 4.69) is 55.1 Å². The first-order valence-corrected chi connectivity index (χ1v) is 10.4. The predicted octanol–water partition coefficient (Wildman–Crippen LogP) is 4.57. The van der Waals surface area contributed by atoms with Crippen molar-refractivity contribution >= 4 is 26.8 Å². The Morgan fingerprint density at radius 2 is 2.14 bits per heavy atom. The van der Waals surface area contributed by atoms with E-state index < -0.39 is 5.67 Å². The Balaban J connectivity index is 1.71. The van der Waals surface area contributed by atoms with E-state index in [1.54, 1.807) is 7.11 Å². The fourth-order valence-electron chi connectivity index (χ4n) is 4.44. The molecule has 1 fully saturated rings. The smallest absolute Gasteiger partial charge is 0.128 e. The number of alkyl halides is 1. The molecule has 1 aliphatic heterocycles. The number of nitrogens with zero attached hydrogens (tertiary/aromatic N) is 3. The molecule has 0 saturated heterocycles. The third kappa shape index (κ3) is 2.92. The van der Waals surface area contributed by atoms with Crippen LogP contribution in [-0.2, 0) is 6.42 Å². The number of benzene rings is 1. The molecule has 0 radical (unpaired) electrons. The number of aromatic amines is 1. The Hall–Kier alpha value is -1.99. The molecule has 146 valence electrons. The highest BCUT2D eigenvalue weighted by Crippen LogP contribution is 2.48. The number of methoxy groups -OCH3 is 1. The van der Waals surface area contributed by atoms with Crippen molar-refractivity contribution in [2.24, 2.45) is 0 Å². The summed E-state index contributed by atoms with van der Waals surface area (Å²) in [5.74, 6) is 0.757. The molecule has 2 atom stereocenters. The van der Waals surface area contributed by atoms with Gasteiger partial charge in [0.15, 0.2) is 0 Å². The standard InChI is InChI=1S/C21H22BrFN4O/c1-12-7-14-13(3-4-17-15(14)10-25-26-17)20(27(12)11-21(23)5-6-21)16-9-24-19(22)8-18(16)28-2/h3-4,8-10,12,20H,5-7,11H2,1-2H3,(H,25,26)/t12-,20?/m1/s1. The number of hydrogen-bond acceptors (Lipinski definition) is 4. The summed E-state index contributed by atoms with van der Waals surface area (Å²) < 4.78 is 21.3. The fraction of sp³-hybridized carbons (Fsp3) is 0.429. The van der Waals surface area contributed by atoms with E-state index in [1.165, 1.54) is 11.1 Å². The Kier molecular flexibility index (Phi) is 4.21. The lowest BCUT2D eigenvalue weighted by atomic mass is 9.83. The van der Waals surface area contributed by atoms with Gasteiger partial charge in [0.25, 0.3) is 0 Å². The summed E-state index contributed by atoms with van der Waals surface area (Å²) in [6.45, 7) is 2.61. The summed E-state index contributed by atoms with van der Waals surface area (Å²) in [6, 6.07) is 6.16. The van der Waals surface area contributed by atoms with Crippen molar-refractivity contribution in [3.63, 3.8) is 0 Å². The largest absolute Gasteiger partial charge is 0.496 e. The van der Waals surface area contributed by atoms with Gasteiger partial charge < -0.3 is 4.74 Å². The second-order valence-corrected chi connectivity index (χ2v) is 8.80. The minimum absolute atomic E-state index is 0.109. The minimum Gasteiger partial charge on any atom is -0.496 e. The van der Waals surface area contributed by atoms with Gasteiger partial charge in [0.1, 0.15) is 16.0 Å². The number of nitrogens with one attached hydrogen (secondary N) is 1. The Morgan fingerprint density at radius 1 is 1.32 bits per heavy atom. The summed E-state index contributed by atoms with van der Waals surface area (Å²) in [5, 5.41) is 8.42. The minimum atomic E-state index is -1.07. The summed E-state index contributed by atoms with van der Waals surface area (Å²) in [4.78, 5) is 6.74. The van der Waals surface area contributed by atoms with Crippen LogP contribution in [0, 0.1) is 0 Å². The lowest BCUT2D eigenvalue weighted by Crippen LogP contribution is -2.46. The van der Waals surface area contributed by atoms with Crippen molar-refractivity contribution in [3.05, 3.63) is 51.9 Å². The molecule has 0 amide bonds. The molecular weight excluding hydrogens is 423 g/mol. The molecular formula is C21H22BrFN4O. The summed E-state index contributed by atoms with van der Waals surface area (Å²) in [6.07, 6.45) is 5.89. The highest BCUT2D eigenvalue weighted by molar-refractivity contribution is 9.10. The zero-order valence-electron chi connectivity index (χ0n) is 15.9. The van der Waals surface area contributed by atoms with Gasteiger partial charge in [-0.2, -0.15) is 5.10 Å². The zero-order valence-corrected chi connectivity index (χ0v) is 17.5. The van der Waals surface area contributed by atoms with Crippen LogP contribution in [0.1, 0.15) is 42.5 Å². The molecule has 1 saturated carbocycles. The molecule has 28 heavy (non-hydrogen) atoms. The van der Waals surface area contributed by atoms with E-state index in [0.717, 1.165) is 33.2 Å². The van der Waals surface area contributed by atoms with E-state index in [9.17, 15) is 4.39 Å². The number of aromatic nitrogens is 3. The molecule has 3 aromatic rings. The van der Waals surface area contributed by atoms with Crippen LogP contribution in [0.15, 0.2) is 35.2 Å². The van der Waals surface area contributed by atoms with Gasteiger partial charge in [0.05, 0.1) is 24.9 Å². The maximum Gasteiger partial charge on any atom is 0.128 e. The molecule has 5 nitrogen and oxygen atoms in total. The summed E-state index contributed by atoms with van der Waals surface area (Å²) in [7, 11) is 1.67. The van der Waals surface area contributed by atoms with Crippen LogP contribution in [0.5, 0.6) is 5.75 Å². The van der Waals surface area contributed by atoms with Gasteiger partial charge in [0.2, 0.25) is 0 Å². The number of ether oxygens (including phenoxy) is 1. The van der Waals surface area contributed by atoms with Crippen molar-refractivity contribution in [3.8, 4) is 5.75 Å². The van der Waals surface area contributed by atoms with E-state index in [-0.39, 0.29) is 12.1 Å². The molecule has 3 heterocycles. The van der Waals surface area contributed by atoms with Gasteiger partial charge in [-0.05, 0) is 59.3 Å². The van der Waals surface area contributed by atoms with Crippen LogP contribution in [0.2, 0.25) is 0 Å². The van der Waals surface area contributed by atoms with E-state index in [0.29, 0.717) is 19.4 Å². The molecule has 5 rings (SSSR count). The fourth-order valence-corrected chi connectivity index (χ4v) is 4.75. The molecule has 2 aromatic heterocycles. The number of H-pyrrole nitrogens is 1. The van der Waals surface area contributed by atoms with Gasteiger partial charge in [-0.15, -0.1) is 0 Å². The third-order valence-corrected chi connectivity index (χ3v) is 6.53. The highest BCUT2D eigenvalue weighted by atomic mass is 79.9. The molecule has 2 aliphatic rings. The molecule has 1 aromatic carbocycles. The van der Waals surface area contributed by atoms with Crippen molar-refractivity contribution in [2.45, 2.75) is 43.9 Å². The first kappa shape index (κ1) is 18.1. The van der Waals surface area contributed by atoms with Crippen LogP contribution < -0.4 is 4.74 Å².